The highest BCUT2D eigenvalue weighted by Crippen LogP contribution is 2.29. The average Bonchev–Trinajstić information content (AvgIpc) is 2.49. The van der Waals surface area contributed by atoms with Gasteiger partial charge < -0.3 is 10.1 Å². The highest BCUT2D eigenvalue weighted by molar-refractivity contribution is 6.31. The zero-order valence-electron chi connectivity index (χ0n) is 10.9. The van der Waals surface area contributed by atoms with Crippen LogP contribution in [0.15, 0.2) is 30.3 Å². The van der Waals surface area contributed by atoms with Crippen LogP contribution in [0.4, 0.5) is 5.69 Å². The number of carbonyl (C=O) groups excluding carboxylic acids is 1. The van der Waals surface area contributed by atoms with Crippen molar-refractivity contribution >= 4 is 23.2 Å². The molecule has 0 spiro atoms. The molecule has 0 saturated heterocycles. The van der Waals surface area contributed by atoms with Crippen LogP contribution < -0.4 is 10.1 Å². The number of aromatic nitrogens is 1. The highest BCUT2D eigenvalue weighted by atomic mass is 35.5. The second-order valence-electron chi connectivity index (χ2n) is 4.56. The summed E-state index contributed by atoms with van der Waals surface area (Å²) >= 11 is 5.83. The van der Waals surface area contributed by atoms with Gasteiger partial charge in [0.05, 0.1) is 5.02 Å². The fraction of sp³-hybridized carbons (Fsp3) is 0.133. The van der Waals surface area contributed by atoms with E-state index in [1.807, 2.05) is 12.1 Å². The lowest BCUT2D eigenvalue weighted by Gasteiger charge is -2.17. The lowest BCUT2D eigenvalue weighted by molar-refractivity contribution is -0.116. The first-order chi connectivity index (χ1) is 10.2. The third-order valence-electron chi connectivity index (χ3n) is 3.12. The summed E-state index contributed by atoms with van der Waals surface area (Å²) in [7, 11) is 0. The van der Waals surface area contributed by atoms with Crippen LogP contribution in [0.3, 0.4) is 0 Å². The number of anilines is 1. The Labute approximate surface area is 126 Å². The van der Waals surface area contributed by atoms with Gasteiger partial charge in [-0.3, -0.25) is 4.79 Å². The quantitative estimate of drug-likeness (QED) is 0.923. The number of amides is 1. The van der Waals surface area contributed by atoms with Gasteiger partial charge in [-0.25, -0.2) is 4.98 Å². The summed E-state index contributed by atoms with van der Waals surface area (Å²) in [6.07, 6.45) is 1.14. The zero-order chi connectivity index (χ0) is 14.8. The molecule has 1 amide bonds. The van der Waals surface area contributed by atoms with Crippen LogP contribution in [0.25, 0.3) is 0 Å². The van der Waals surface area contributed by atoms with Crippen LogP contribution in [-0.4, -0.2) is 10.9 Å². The molecule has 2 aromatic rings. The van der Waals surface area contributed by atoms with E-state index < -0.39 is 0 Å². The standard InChI is InChI=1S/C15H10ClN3O2/c16-11-3-6-15(19-13(11)8-17)21-10-2-4-12-9(7-10)1-5-14(20)18-12/h2-4,6-7H,1,5H2,(H,18,20). The predicted octanol–water partition coefficient (Wildman–Crippen LogP) is 3.28. The van der Waals surface area contributed by atoms with E-state index >= 15 is 0 Å². The highest BCUT2D eigenvalue weighted by Gasteiger charge is 2.15. The smallest absolute Gasteiger partial charge is 0.224 e. The largest absolute Gasteiger partial charge is 0.439 e. The SMILES string of the molecule is N#Cc1nc(Oc2ccc3c(c2)CCC(=O)N3)ccc1Cl. The van der Waals surface area contributed by atoms with Crippen molar-refractivity contribution in [3.8, 4) is 17.7 Å². The molecule has 0 radical (unpaired) electrons. The molecule has 0 atom stereocenters. The number of hydrogen-bond acceptors (Lipinski definition) is 4. The van der Waals surface area contributed by atoms with Crippen molar-refractivity contribution in [1.29, 1.82) is 5.26 Å². The van der Waals surface area contributed by atoms with Crippen LogP contribution in [0.5, 0.6) is 11.6 Å². The minimum absolute atomic E-state index is 0.0224. The number of fused-ring (bicyclic) bond motifs is 1. The Morgan fingerprint density at radius 1 is 1.29 bits per heavy atom. The molecule has 5 nitrogen and oxygen atoms in total. The van der Waals surface area contributed by atoms with Gasteiger partial charge in [0.2, 0.25) is 11.8 Å². The minimum atomic E-state index is 0.0224. The van der Waals surface area contributed by atoms with Crippen LogP contribution in [0.2, 0.25) is 5.02 Å². The number of nitrogens with zero attached hydrogens (tertiary/aromatic N) is 2. The molecule has 3 rings (SSSR count). The van der Waals surface area contributed by atoms with Gasteiger partial charge in [0.1, 0.15) is 11.8 Å². The van der Waals surface area contributed by atoms with E-state index in [1.54, 1.807) is 24.3 Å². The van der Waals surface area contributed by atoms with Crippen LogP contribution >= 0.6 is 11.6 Å². The lowest BCUT2D eigenvalue weighted by atomic mass is 10.0. The Bertz CT molecular complexity index is 768. The molecule has 6 heteroatoms. The number of nitrogens with one attached hydrogen (secondary N) is 1. The summed E-state index contributed by atoms with van der Waals surface area (Å²) in [5.74, 6) is 0.925. The van der Waals surface area contributed by atoms with Crippen molar-refractivity contribution in [2.75, 3.05) is 5.32 Å². The molecule has 1 aliphatic heterocycles. The van der Waals surface area contributed by atoms with E-state index in [2.05, 4.69) is 10.3 Å². The van der Waals surface area contributed by atoms with Crippen molar-refractivity contribution in [2.45, 2.75) is 12.8 Å². The van der Waals surface area contributed by atoms with Gasteiger partial charge in [0, 0.05) is 18.2 Å². The van der Waals surface area contributed by atoms with E-state index in [4.69, 9.17) is 21.6 Å². The van der Waals surface area contributed by atoms with E-state index in [9.17, 15) is 4.79 Å². The molecule has 1 aromatic carbocycles. The van der Waals surface area contributed by atoms with E-state index in [1.165, 1.54) is 0 Å². The van der Waals surface area contributed by atoms with Crippen molar-refractivity contribution in [3.05, 3.63) is 46.6 Å². The molecule has 1 aliphatic rings. The number of aryl methyl sites for hydroxylation is 1. The summed E-state index contributed by atoms with van der Waals surface area (Å²) in [5.41, 5.74) is 1.95. The van der Waals surface area contributed by atoms with Crippen molar-refractivity contribution in [3.63, 3.8) is 0 Å². The maximum absolute atomic E-state index is 11.3. The second kappa shape index (κ2) is 5.43. The number of nitriles is 1. The molecule has 2 heterocycles. The summed E-state index contributed by atoms with van der Waals surface area (Å²) in [5, 5.41) is 12.0. The molecule has 1 N–H and O–H groups in total. The van der Waals surface area contributed by atoms with Crippen molar-refractivity contribution in [1.82, 2.24) is 4.98 Å². The number of ether oxygens (including phenoxy) is 1. The molecule has 0 aliphatic carbocycles. The van der Waals surface area contributed by atoms with Gasteiger partial charge in [-0.2, -0.15) is 5.26 Å². The number of benzene rings is 1. The predicted molar refractivity (Wildman–Crippen MR) is 77.4 cm³/mol. The normalized spacial score (nSPS) is 13.0. The summed E-state index contributed by atoms with van der Waals surface area (Å²) in [4.78, 5) is 15.3. The molecular formula is C15H10ClN3O2. The van der Waals surface area contributed by atoms with E-state index in [-0.39, 0.29) is 16.6 Å². The third kappa shape index (κ3) is 2.81. The van der Waals surface area contributed by atoms with Gasteiger partial charge >= 0.3 is 0 Å². The Balaban J connectivity index is 1.86. The van der Waals surface area contributed by atoms with Crippen LogP contribution in [0, 0.1) is 11.3 Å². The first-order valence-corrected chi connectivity index (χ1v) is 6.71. The monoisotopic (exact) mass is 299 g/mol. The number of hydrogen-bond donors (Lipinski definition) is 1. The minimum Gasteiger partial charge on any atom is -0.439 e. The van der Waals surface area contributed by atoms with E-state index in [0.29, 0.717) is 24.5 Å². The number of carbonyl (C=O) groups is 1. The van der Waals surface area contributed by atoms with Gasteiger partial charge in [-0.15, -0.1) is 0 Å². The van der Waals surface area contributed by atoms with Crippen molar-refractivity contribution < 1.29 is 9.53 Å². The van der Waals surface area contributed by atoms with Gasteiger partial charge in [-0.05, 0) is 36.2 Å². The maximum Gasteiger partial charge on any atom is 0.224 e. The molecule has 21 heavy (non-hydrogen) atoms. The Kier molecular flexibility index (Phi) is 3.46. The maximum atomic E-state index is 11.3. The first-order valence-electron chi connectivity index (χ1n) is 6.33. The molecule has 104 valence electrons. The molecular weight excluding hydrogens is 290 g/mol. The number of pyridine rings is 1. The Hall–Kier alpha value is -2.58. The Morgan fingerprint density at radius 3 is 2.95 bits per heavy atom. The first kappa shape index (κ1) is 13.4. The zero-order valence-corrected chi connectivity index (χ0v) is 11.6. The average molecular weight is 300 g/mol. The lowest BCUT2D eigenvalue weighted by Crippen LogP contribution is -2.18. The van der Waals surface area contributed by atoms with Crippen LogP contribution in [0.1, 0.15) is 17.7 Å². The van der Waals surface area contributed by atoms with Crippen LogP contribution in [-0.2, 0) is 11.2 Å². The second-order valence-corrected chi connectivity index (χ2v) is 4.97. The summed E-state index contributed by atoms with van der Waals surface area (Å²) in [6.45, 7) is 0. The number of rotatable bonds is 2. The van der Waals surface area contributed by atoms with Gasteiger partial charge in [0.25, 0.3) is 0 Å². The molecule has 1 aromatic heterocycles. The third-order valence-corrected chi connectivity index (χ3v) is 3.43. The summed E-state index contributed by atoms with van der Waals surface area (Å²) in [6, 6.07) is 10.5. The fourth-order valence-electron chi connectivity index (χ4n) is 2.10. The molecule has 0 unspecified atom stereocenters. The van der Waals surface area contributed by atoms with Crippen molar-refractivity contribution in [2.24, 2.45) is 0 Å². The summed E-state index contributed by atoms with van der Waals surface area (Å²) < 4.78 is 5.64. The fourth-order valence-corrected chi connectivity index (χ4v) is 2.25. The Morgan fingerprint density at radius 2 is 2.14 bits per heavy atom. The molecule has 0 saturated carbocycles. The van der Waals surface area contributed by atoms with E-state index in [0.717, 1.165) is 11.3 Å². The number of halogens is 1. The topological polar surface area (TPSA) is 75.0 Å². The van der Waals surface area contributed by atoms with Gasteiger partial charge in [-0.1, -0.05) is 11.6 Å². The molecule has 0 bridgehead atoms. The molecule has 0 fully saturated rings. The van der Waals surface area contributed by atoms with Gasteiger partial charge in [0.15, 0.2) is 5.69 Å².